The van der Waals surface area contributed by atoms with Crippen LogP contribution in [-0.2, 0) is 21.4 Å². The molecule has 1 fully saturated rings. The number of hydrogen-bond donors (Lipinski definition) is 3. The number of nitrogens with two attached hydrogens (primary N) is 1. The Hall–Kier alpha value is -2.78. The zero-order valence-electron chi connectivity index (χ0n) is 17.6. The standard InChI is InChI=1S/C22H29N5O3S/c1-16-4-2-12-27(15-16)22(28)19(9-13-26-11-3-5-21(26)23)25-31(29,30)18-7-6-17-8-10-24-20(17)14-18/h3,5-8,10-11,14,16,19,24-25H,2,4,9,12-13,15,23H2,1H3. The van der Waals surface area contributed by atoms with Crippen LogP contribution in [0.15, 0.2) is 53.7 Å². The molecule has 1 saturated heterocycles. The first-order valence-corrected chi connectivity index (χ1v) is 12.1. The Morgan fingerprint density at radius 2 is 2.16 bits per heavy atom. The molecule has 8 nitrogen and oxygen atoms in total. The van der Waals surface area contributed by atoms with Gasteiger partial charge in [-0.2, -0.15) is 4.72 Å². The number of hydrogen-bond acceptors (Lipinski definition) is 4. The molecular weight excluding hydrogens is 414 g/mol. The maximum Gasteiger partial charge on any atom is 0.241 e. The maximum absolute atomic E-state index is 13.3. The van der Waals surface area contributed by atoms with E-state index >= 15 is 0 Å². The van der Waals surface area contributed by atoms with E-state index in [1.807, 2.05) is 22.9 Å². The van der Waals surface area contributed by atoms with E-state index in [0.29, 0.717) is 37.8 Å². The molecule has 2 unspecified atom stereocenters. The van der Waals surface area contributed by atoms with E-state index in [4.69, 9.17) is 5.73 Å². The lowest BCUT2D eigenvalue weighted by Gasteiger charge is -2.34. The average Bonchev–Trinajstić information content (AvgIpc) is 3.38. The second kappa shape index (κ2) is 8.76. The van der Waals surface area contributed by atoms with Crippen LogP contribution in [0.5, 0.6) is 0 Å². The minimum Gasteiger partial charge on any atom is -0.385 e. The normalized spacial score (nSPS) is 18.4. The smallest absolute Gasteiger partial charge is 0.241 e. The molecule has 1 aromatic carbocycles. The molecule has 3 aromatic rings. The Labute approximate surface area is 182 Å². The van der Waals surface area contributed by atoms with Crippen molar-refractivity contribution < 1.29 is 13.2 Å². The van der Waals surface area contributed by atoms with Crippen molar-refractivity contribution >= 4 is 32.7 Å². The zero-order valence-corrected chi connectivity index (χ0v) is 18.4. The minimum atomic E-state index is -3.89. The van der Waals surface area contributed by atoms with Crippen molar-refractivity contribution in [1.29, 1.82) is 0 Å². The maximum atomic E-state index is 13.3. The molecule has 2 atom stereocenters. The highest BCUT2D eigenvalue weighted by molar-refractivity contribution is 7.89. The highest BCUT2D eigenvalue weighted by atomic mass is 32.2. The Morgan fingerprint density at radius 3 is 2.90 bits per heavy atom. The van der Waals surface area contributed by atoms with E-state index in [-0.39, 0.29) is 10.8 Å². The van der Waals surface area contributed by atoms with Gasteiger partial charge in [0.1, 0.15) is 11.9 Å². The largest absolute Gasteiger partial charge is 0.385 e. The quantitative estimate of drug-likeness (QED) is 0.521. The first kappa shape index (κ1) is 21.5. The Morgan fingerprint density at radius 1 is 1.32 bits per heavy atom. The van der Waals surface area contributed by atoms with Gasteiger partial charge in [0, 0.05) is 37.5 Å². The van der Waals surface area contributed by atoms with Gasteiger partial charge >= 0.3 is 0 Å². The summed E-state index contributed by atoms with van der Waals surface area (Å²) in [5.74, 6) is 0.810. The predicted octanol–water partition coefficient (Wildman–Crippen LogP) is 2.55. The van der Waals surface area contributed by atoms with Gasteiger partial charge in [0.25, 0.3) is 0 Å². The number of benzene rings is 1. The van der Waals surface area contributed by atoms with Crippen molar-refractivity contribution in [3.05, 3.63) is 48.8 Å². The number of nitrogens with one attached hydrogen (secondary N) is 2. The minimum absolute atomic E-state index is 0.132. The summed E-state index contributed by atoms with van der Waals surface area (Å²) < 4.78 is 30.8. The Bertz CT molecular complexity index is 1170. The molecule has 4 N–H and O–H groups in total. The van der Waals surface area contributed by atoms with E-state index in [9.17, 15) is 13.2 Å². The number of aromatic nitrogens is 2. The number of amides is 1. The summed E-state index contributed by atoms with van der Waals surface area (Å²) in [6.45, 7) is 3.86. The first-order valence-electron chi connectivity index (χ1n) is 10.6. The van der Waals surface area contributed by atoms with E-state index in [1.54, 1.807) is 35.4 Å². The van der Waals surface area contributed by atoms with Gasteiger partial charge in [0.15, 0.2) is 0 Å². The number of nitrogens with zero attached hydrogens (tertiary/aromatic N) is 2. The molecule has 0 radical (unpaired) electrons. The highest BCUT2D eigenvalue weighted by Gasteiger charge is 2.31. The van der Waals surface area contributed by atoms with Crippen LogP contribution in [0.25, 0.3) is 10.9 Å². The van der Waals surface area contributed by atoms with Gasteiger partial charge in [-0.3, -0.25) is 4.79 Å². The third-order valence-corrected chi connectivity index (χ3v) is 7.39. The molecule has 1 amide bonds. The topological polar surface area (TPSA) is 113 Å². The summed E-state index contributed by atoms with van der Waals surface area (Å²) in [5, 5.41) is 0.928. The number of carbonyl (C=O) groups is 1. The number of rotatable bonds is 7. The molecule has 0 aliphatic carbocycles. The van der Waals surface area contributed by atoms with Crippen LogP contribution in [0.4, 0.5) is 5.82 Å². The molecule has 1 aliphatic heterocycles. The molecule has 1 aliphatic rings. The number of aromatic amines is 1. The van der Waals surface area contributed by atoms with Crippen molar-refractivity contribution in [3.8, 4) is 0 Å². The predicted molar refractivity (Wildman–Crippen MR) is 121 cm³/mol. The van der Waals surface area contributed by atoms with Crippen LogP contribution in [0.2, 0.25) is 0 Å². The number of fused-ring (bicyclic) bond motifs is 1. The molecule has 2 aromatic heterocycles. The number of aryl methyl sites for hydroxylation is 1. The third kappa shape index (κ3) is 4.77. The monoisotopic (exact) mass is 443 g/mol. The molecule has 0 saturated carbocycles. The fourth-order valence-electron chi connectivity index (χ4n) is 4.19. The summed E-state index contributed by atoms with van der Waals surface area (Å²) >= 11 is 0. The molecule has 3 heterocycles. The lowest BCUT2D eigenvalue weighted by atomic mass is 9.99. The second-order valence-electron chi connectivity index (χ2n) is 8.35. The second-order valence-corrected chi connectivity index (χ2v) is 10.1. The molecule has 9 heteroatoms. The van der Waals surface area contributed by atoms with Gasteiger partial charge in [-0.05, 0) is 60.9 Å². The van der Waals surface area contributed by atoms with E-state index in [0.717, 1.165) is 23.7 Å². The summed E-state index contributed by atoms with van der Waals surface area (Å²) in [4.78, 5) is 18.3. The van der Waals surface area contributed by atoms with Crippen LogP contribution in [-0.4, -0.2) is 47.9 Å². The molecule has 0 spiro atoms. The zero-order chi connectivity index (χ0) is 22.0. The van der Waals surface area contributed by atoms with Gasteiger partial charge in [0.2, 0.25) is 15.9 Å². The van der Waals surface area contributed by atoms with Gasteiger partial charge in [-0.25, -0.2) is 8.42 Å². The summed E-state index contributed by atoms with van der Waals surface area (Å²) in [6.07, 6.45) is 5.91. The van der Waals surface area contributed by atoms with E-state index < -0.39 is 16.1 Å². The van der Waals surface area contributed by atoms with Gasteiger partial charge in [0.05, 0.1) is 4.90 Å². The van der Waals surface area contributed by atoms with Crippen molar-refractivity contribution in [2.24, 2.45) is 5.92 Å². The molecular formula is C22H29N5O3S. The summed E-state index contributed by atoms with van der Waals surface area (Å²) in [6, 6.07) is 9.53. The van der Waals surface area contributed by atoms with Crippen molar-refractivity contribution in [2.75, 3.05) is 18.8 Å². The first-order chi connectivity index (χ1) is 14.8. The number of nitrogen functional groups attached to an aromatic ring is 1. The van der Waals surface area contributed by atoms with Crippen molar-refractivity contribution in [3.63, 3.8) is 0 Å². The van der Waals surface area contributed by atoms with Crippen LogP contribution in [0.3, 0.4) is 0 Å². The number of piperidine rings is 1. The Balaban J connectivity index is 1.57. The van der Waals surface area contributed by atoms with Gasteiger partial charge < -0.3 is 20.2 Å². The number of H-pyrrole nitrogens is 1. The van der Waals surface area contributed by atoms with E-state index in [1.165, 1.54) is 0 Å². The fourth-order valence-corrected chi connectivity index (χ4v) is 5.44. The van der Waals surface area contributed by atoms with Crippen LogP contribution in [0, 0.1) is 5.92 Å². The highest BCUT2D eigenvalue weighted by Crippen LogP contribution is 2.21. The lowest BCUT2D eigenvalue weighted by molar-refractivity contribution is -0.134. The average molecular weight is 444 g/mol. The lowest BCUT2D eigenvalue weighted by Crippen LogP contribution is -2.51. The van der Waals surface area contributed by atoms with Gasteiger partial charge in [-0.15, -0.1) is 0 Å². The van der Waals surface area contributed by atoms with Crippen LogP contribution < -0.4 is 10.5 Å². The Kier molecular flexibility index (Phi) is 6.06. The van der Waals surface area contributed by atoms with E-state index in [2.05, 4.69) is 16.6 Å². The third-order valence-electron chi connectivity index (χ3n) is 5.92. The number of anilines is 1. The van der Waals surface area contributed by atoms with Crippen molar-refractivity contribution in [2.45, 2.75) is 43.7 Å². The molecule has 31 heavy (non-hydrogen) atoms. The molecule has 166 valence electrons. The molecule has 0 bridgehead atoms. The number of carbonyl (C=O) groups excluding carboxylic acids is 1. The fraction of sp³-hybridized carbons (Fsp3) is 0.409. The number of likely N-dealkylation sites (tertiary alicyclic amines) is 1. The molecule has 4 rings (SSSR count). The van der Waals surface area contributed by atoms with Gasteiger partial charge in [-0.1, -0.05) is 13.0 Å². The van der Waals surface area contributed by atoms with Crippen LogP contribution in [0.1, 0.15) is 26.2 Å². The summed E-state index contributed by atoms with van der Waals surface area (Å²) in [5.41, 5.74) is 6.68. The van der Waals surface area contributed by atoms with Crippen LogP contribution >= 0.6 is 0 Å². The summed E-state index contributed by atoms with van der Waals surface area (Å²) in [7, 11) is -3.89. The number of sulfonamides is 1. The SMILES string of the molecule is CC1CCCN(C(=O)C(CCn2cccc2N)NS(=O)(=O)c2ccc3cc[nH]c3c2)C1. The van der Waals surface area contributed by atoms with Crippen molar-refractivity contribution in [1.82, 2.24) is 19.2 Å².